The summed E-state index contributed by atoms with van der Waals surface area (Å²) in [5.41, 5.74) is 0.684. The normalized spacial score (nSPS) is 15.8. The number of allylic oxidation sites excluding steroid dienone is 2. The van der Waals surface area contributed by atoms with Crippen LogP contribution in [0.4, 0.5) is 5.69 Å². The summed E-state index contributed by atoms with van der Waals surface area (Å²) < 4.78 is 11.4. The Morgan fingerprint density at radius 2 is 1.88 bits per heavy atom. The number of anilines is 1. The van der Waals surface area contributed by atoms with Crippen LogP contribution < -0.4 is 14.8 Å². The Morgan fingerprint density at radius 1 is 1.12 bits per heavy atom. The lowest BCUT2D eigenvalue weighted by atomic mass is 10.1. The third kappa shape index (κ3) is 4.86. The molecule has 0 saturated carbocycles. The van der Waals surface area contributed by atoms with Gasteiger partial charge in [-0.1, -0.05) is 24.3 Å². The number of benzene rings is 2. The Labute approximate surface area is 148 Å². The summed E-state index contributed by atoms with van der Waals surface area (Å²) in [6, 6.07) is 14.9. The van der Waals surface area contributed by atoms with E-state index < -0.39 is 0 Å². The first kappa shape index (κ1) is 17.1. The van der Waals surface area contributed by atoms with E-state index in [1.54, 1.807) is 0 Å². The molecule has 3 rings (SSSR count). The number of ether oxygens (including phenoxy) is 2. The maximum absolute atomic E-state index is 12.3. The van der Waals surface area contributed by atoms with Crippen molar-refractivity contribution in [1.29, 1.82) is 0 Å². The summed E-state index contributed by atoms with van der Waals surface area (Å²) in [6.45, 7) is 2.58. The number of hydrogen-bond acceptors (Lipinski definition) is 3. The first-order valence-electron chi connectivity index (χ1n) is 8.71. The van der Waals surface area contributed by atoms with E-state index in [0.29, 0.717) is 36.1 Å². The predicted octanol–water partition coefficient (Wildman–Crippen LogP) is 5.17. The molecule has 0 bridgehead atoms. The molecule has 25 heavy (non-hydrogen) atoms. The minimum absolute atomic E-state index is 0.0132. The Bertz CT molecular complexity index is 737. The molecule has 1 aliphatic rings. The van der Waals surface area contributed by atoms with Gasteiger partial charge in [-0.25, -0.2) is 0 Å². The van der Waals surface area contributed by atoms with E-state index in [1.807, 2.05) is 55.5 Å². The monoisotopic (exact) mass is 337 g/mol. The van der Waals surface area contributed by atoms with Crippen molar-refractivity contribution in [2.24, 2.45) is 5.92 Å². The van der Waals surface area contributed by atoms with Crippen LogP contribution in [0, 0.1) is 5.92 Å². The lowest BCUT2D eigenvalue weighted by Gasteiger charge is -2.13. The molecule has 4 nitrogen and oxygen atoms in total. The van der Waals surface area contributed by atoms with Crippen LogP contribution in [-0.4, -0.2) is 12.5 Å². The number of carbonyl (C=O) groups is 1. The van der Waals surface area contributed by atoms with Crippen molar-refractivity contribution in [1.82, 2.24) is 0 Å². The van der Waals surface area contributed by atoms with E-state index in [4.69, 9.17) is 9.47 Å². The van der Waals surface area contributed by atoms with Crippen LogP contribution >= 0.6 is 0 Å². The number of para-hydroxylation sites is 2. The quantitative estimate of drug-likeness (QED) is 0.709. The maximum Gasteiger partial charge on any atom is 0.225 e. The predicted molar refractivity (Wildman–Crippen MR) is 99.2 cm³/mol. The molecule has 0 aliphatic heterocycles. The van der Waals surface area contributed by atoms with Gasteiger partial charge in [-0.05, 0) is 62.1 Å². The van der Waals surface area contributed by atoms with Gasteiger partial charge >= 0.3 is 0 Å². The van der Waals surface area contributed by atoms with Gasteiger partial charge in [0, 0.05) is 6.42 Å². The molecule has 0 spiro atoms. The molecule has 1 amide bonds. The summed E-state index contributed by atoms with van der Waals surface area (Å²) in [5.74, 6) is 2.49. The van der Waals surface area contributed by atoms with Crippen LogP contribution in [0.25, 0.3) is 0 Å². The van der Waals surface area contributed by atoms with Crippen molar-refractivity contribution < 1.29 is 14.3 Å². The molecule has 4 heteroatoms. The summed E-state index contributed by atoms with van der Waals surface area (Å²) in [7, 11) is 0. The van der Waals surface area contributed by atoms with Gasteiger partial charge in [-0.2, -0.15) is 0 Å². The van der Waals surface area contributed by atoms with Crippen molar-refractivity contribution >= 4 is 11.6 Å². The van der Waals surface area contributed by atoms with E-state index in [9.17, 15) is 4.79 Å². The van der Waals surface area contributed by atoms with Crippen molar-refractivity contribution in [3.8, 4) is 17.2 Å². The van der Waals surface area contributed by atoms with Gasteiger partial charge in [0.1, 0.15) is 11.5 Å². The molecular weight excluding hydrogens is 314 g/mol. The van der Waals surface area contributed by atoms with Crippen LogP contribution in [0.15, 0.2) is 60.7 Å². The van der Waals surface area contributed by atoms with Gasteiger partial charge in [0.15, 0.2) is 5.75 Å². The van der Waals surface area contributed by atoms with E-state index in [-0.39, 0.29) is 5.91 Å². The average molecular weight is 337 g/mol. The summed E-state index contributed by atoms with van der Waals surface area (Å²) in [6.07, 6.45) is 6.89. The highest BCUT2D eigenvalue weighted by Gasteiger charge is 2.15. The molecule has 0 radical (unpaired) electrons. The minimum atomic E-state index is 0.0132. The lowest BCUT2D eigenvalue weighted by Crippen LogP contribution is -2.15. The van der Waals surface area contributed by atoms with Crippen LogP contribution in [0.2, 0.25) is 0 Å². The fraction of sp³-hybridized carbons (Fsp3) is 0.286. The second kappa shape index (κ2) is 8.38. The SMILES string of the molecule is CCOc1ccc(Oc2ccccc2NC(=O)C[C@H]2C=CCC2)cc1. The van der Waals surface area contributed by atoms with Crippen LogP contribution in [0.1, 0.15) is 26.2 Å². The zero-order valence-corrected chi connectivity index (χ0v) is 14.4. The number of carbonyl (C=O) groups excluding carboxylic acids is 1. The Hall–Kier alpha value is -2.75. The molecule has 0 heterocycles. The first-order valence-corrected chi connectivity index (χ1v) is 8.71. The maximum atomic E-state index is 12.3. The molecule has 2 aromatic carbocycles. The highest BCUT2D eigenvalue weighted by molar-refractivity contribution is 5.92. The van der Waals surface area contributed by atoms with Crippen LogP contribution in [-0.2, 0) is 4.79 Å². The van der Waals surface area contributed by atoms with Gasteiger partial charge in [-0.3, -0.25) is 4.79 Å². The summed E-state index contributed by atoms with van der Waals surface area (Å²) in [5, 5.41) is 2.97. The number of nitrogens with one attached hydrogen (secondary N) is 1. The summed E-state index contributed by atoms with van der Waals surface area (Å²) in [4.78, 5) is 12.3. The average Bonchev–Trinajstić information content (AvgIpc) is 3.11. The van der Waals surface area contributed by atoms with Gasteiger partial charge in [-0.15, -0.1) is 0 Å². The second-order valence-electron chi connectivity index (χ2n) is 6.02. The molecule has 1 atom stereocenters. The topological polar surface area (TPSA) is 47.6 Å². The number of rotatable bonds is 7. The van der Waals surface area contributed by atoms with E-state index in [0.717, 1.165) is 18.6 Å². The fourth-order valence-electron chi connectivity index (χ4n) is 2.86. The minimum Gasteiger partial charge on any atom is -0.494 e. The zero-order chi connectivity index (χ0) is 17.5. The highest BCUT2D eigenvalue weighted by atomic mass is 16.5. The molecule has 0 unspecified atom stereocenters. The van der Waals surface area contributed by atoms with Crippen LogP contribution in [0.3, 0.4) is 0 Å². The third-order valence-electron chi connectivity index (χ3n) is 4.08. The lowest BCUT2D eigenvalue weighted by molar-refractivity contribution is -0.116. The molecular formula is C21H23NO3. The van der Waals surface area contributed by atoms with Crippen molar-refractivity contribution in [2.75, 3.05) is 11.9 Å². The molecule has 130 valence electrons. The zero-order valence-electron chi connectivity index (χ0n) is 14.4. The van der Waals surface area contributed by atoms with Crippen molar-refractivity contribution in [2.45, 2.75) is 26.2 Å². The highest BCUT2D eigenvalue weighted by Crippen LogP contribution is 2.31. The summed E-state index contributed by atoms with van der Waals surface area (Å²) >= 11 is 0. The fourth-order valence-corrected chi connectivity index (χ4v) is 2.86. The Kier molecular flexibility index (Phi) is 5.73. The molecule has 2 aromatic rings. The number of hydrogen-bond donors (Lipinski definition) is 1. The van der Waals surface area contributed by atoms with Gasteiger partial charge in [0.25, 0.3) is 0 Å². The molecule has 1 N–H and O–H groups in total. The smallest absolute Gasteiger partial charge is 0.225 e. The van der Waals surface area contributed by atoms with E-state index >= 15 is 0 Å². The molecule has 0 saturated heterocycles. The van der Waals surface area contributed by atoms with Gasteiger partial charge in [0.05, 0.1) is 12.3 Å². The molecule has 1 aliphatic carbocycles. The van der Waals surface area contributed by atoms with Crippen molar-refractivity contribution in [3.63, 3.8) is 0 Å². The van der Waals surface area contributed by atoms with E-state index in [2.05, 4.69) is 17.5 Å². The molecule has 0 fully saturated rings. The largest absolute Gasteiger partial charge is 0.494 e. The first-order chi connectivity index (χ1) is 12.2. The van der Waals surface area contributed by atoms with E-state index in [1.165, 1.54) is 0 Å². The molecule has 0 aromatic heterocycles. The third-order valence-corrected chi connectivity index (χ3v) is 4.08. The van der Waals surface area contributed by atoms with Crippen molar-refractivity contribution in [3.05, 3.63) is 60.7 Å². The standard InChI is InChI=1S/C21H23NO3/c1-2-24-17-11-13-18(14-12-17)25-20-10-6-5-9-19(20)22-21(23)15-16-7-3-4-8-16/h3,5-7,9-14,16H,2,4,8,15H2,1H3,(H,22,23)/t16-/m0/s1. The van der Waals surface area contributed by atoms with Gasteiger partial charge < -0.3 is 14.8 Å². The Morgan fingerprint density at radius 3 is 2.60 bits per heavy atom. The van der Waals surface area contributed by atoms with Gasteiger partial charge in [0.2, 0.25) is 5.91 Å². The Balaban J connectivity index is 1.65. The second-order valence-corrected chi connectivity index (χ2v) is 6.02. The van der Waals surface area contributed by atoms with Crippen LogP contribution in [0.5, 0.6) is 17.2 Å². The number of amides is 1.